The Labute approximate surface area is 190 Å². The molecule has 2 N–H and O–H groups in total. The number of aliphatic hydroxyl groups excluding tert-OH is 2. The predicted octanol–water partition coefficient (Wildman–Crippen LogP) is 9.11. The van der Waals surface area contributed by atoms with Crippen LogP contribution in [0.4, 0.5) is 0 Å². The van der Waals surface area contributed by atoms with Crippen molar-refractivity contribution in [3.8, 4) is 0 Å². The molecule has 0 aromatic heterocycles. The normalized spacial score (nSPS) is 12.5. The molecule has 2 nitrogen and oxygen atoms in total. The van der Waals surface area contributed by atoms with Crippen molar-refractivity contribution in [1.82, 2.24) is 0 Å². The van der Waals surface area contributed by atoms with Crippen molar-refractivity contribution in [3.63, 3.8) is 0 Å². The van der Waals surface area contributed by atoms with Gasteiger partial charge in [-0.2, -0.15) is 0 Å². The van der Waals surface area contributed by atoms with E-state index in [0.29, 0.717) is 6.61 Å². The zero-order valence-corrected chi connectivity index (χ0v) is 20.9. The van der Waals surface area contributed by atoms with Crippen LogP contribution in [-0.4, -0.2) is 22.9 Å². The Bertz CT molecular complexity index is 264. The van der Waals surface area contributed by atoms with Crippen LogP contribution < -0.4 is 0 Å². The SMILES string of the molecule is CCCCCCCCCCCCCCC(O)CCCCCCCCCCCCCO. The van der Waals surface area contributed by atoms with Crippen molar-refractivity contribution in [2.75, 3.05) is 6.61 Å². The van der Waals surface area contributed by atoms with Crippen LogP contribution >= 0.6 is 0 Å². The van der Waals surface area contributed by atoms with Gasteiger partial charge >= 0.3 is 0 Å². The van der Waals surface area contributed by atoms with Crippen LogP contribution in [-0.2, 0) is 0 Å². The molecule has 0 aromatic rings. The summed E-state index contributed by atoms with van der Waals surface area (Å²) in [6, 6.07) is 0. The van der Waals surface area contributed by atoms with Crippen LogP contribution in [0, 0.1) is 0 Å². The maximum Gasteiger partial charge on any atom is 0.0540 e. The smallest absolute Gasteiger partial charge is 0.0540 e. The van der Waals surface area contributed by atoms with Gasteiger partial charge in [0, 0.05) is 6.61 Å². The molecular weight excluding hydrogens is 368 g/mol. The lowest BCUT2D eigenvalue weighted by Gasteiger charge is -2.10. The lowest BCUT2D eigenvalue weighted by molar-refractivity contribution is 0.147. The van der Waals surface area contributed by atoms with Crippen LogP contribution in [0.1, 0.15) is 167 Å². The van der Waals surface area contributed by atoms with E-state index in [1.165, 1.54) is 141 Å². The summed E-state index contributed by atoms with van der Waals surface area (Å²) in [6.45, 7) is 2.64. The lowest BCUT2D eigenvalue weighted by atomic mass is 10.0. The quantitative estimate of drug-likeness (QED) is 0.135. The average molecular weight is 427 g/mol. The van der Waals surface area contributed by atoms with Gasteiger partial charge < -0.3 is 10.2 Å². The van der Waals surface area contributed by atoms with E-state index in [0.717, 1.165) is 19.3 Å². The third kappa shape index (κ3) is 26.0. The Balaban J connectivity index is 3.13. The summed E-state index contributed by atoms with van der Waals surface area (Å²) in [4.78, 5) is 0. The molecule has 1 unspecified atom stereocenters. The highest BCUT2D eigenvalue weighted by molar-refractivity contribution is 4.58. The highest BCUT2D eigenvalue weighted by Gasteiger charge is 2.03. The molecule has 2 heteroatoms. The van der Waals surface area contributed by atoms with Crippen molar-refractivity contribution in [2.24, 2.45) is 0 Å². The minimum atomic E-state index is -0.0490. The molecule has 0 rings (SSSR count). The first-order chi connectivity index (χ1) is 14.8. The van der Waals surface area contributed by atoms with E-state index in [-0.39, 0.29) is 6.10 Å². The molecular formula is C28H58O2. The summed E-state index contributed by atoms with van der Waals surface area (Å²) in [7, 11) is 0. The maximum absolute atomic E-state index is 10.2. The molecule has 0 bridgehead atoms. The first-order valence-corrected chi connectivity index (χ1v) is 14.1. The Morgan fingerprint density at radius 2 is 0.667 bits per heavy atom. The van der Waals surface area contributed by atoms with Gasteiger partial charge in [0.2, 0.25) is 0 Å². The fraction of sp³-hybridized carbons (Fsp3) is 1.00. The molecule has 0 saturated heterocycles. The van der Waals surface area contributed by atoms with Gasteiger partial charge in [-0.05, 0) is 19.3 Å². The molecule has 0 radical (unpaired) electrons. The van der Waals surface area contributed by atoms with E-state index >= 15 is 0 Å². The van der Waals surface area contributed by atoms with Crippen LogP contribution in [0.15, 0.2) is 0 Å². The van der Waals surface area contributed by atoms with Crippen molar-refractivity contribution in [3.05, 3.63) is 0 Å². The lowest BCUT2D eigenvalue weighted by Crippen LogP contribution is -2.05. The van der Waals surface area contributed by atoms with Gasteiger partial charge in [0.25, 0.3) is 0 Å². The molecule has 0 aliphatic carbocycles. The minimum Gasteiger partial charge on any atom is -0.396 e. The van der Waals surface area contributed by atoms with Crippen LogP contribution in [0.25, 0.3) is 0 Å². The van der Waals surface area contributed by atoms with Crippen LogP contribution in [0.5, 0.6) is 0 Å². The summed E-state index contributed by atoms with van der Waals surface area (Å²) >= 11 is 0. The monoisotopic (exact) mass is 426 g/mol. The number of hydrogen-bond acceptors (Lipinski definition) is 2. The third-order valence-electron chi connectivity index (χ3n) is 6.59. The molecule has 0 aliphatic heterocycles. The molecule has 182 valence electrons. The molecule has 0 spiro atoms. The second-order valence-corrected chi connectivity index (χ2v) is 9.73. The van der Waals surface area contributed by atoms with E-state index in [2.05, 4.69) is 6.92 Å². The van der Waals surface area contributed by atoms with E-state index in [1.807, 2.05) is 0 Å². The highest BCUT2D eigenvalue weighted by Crippen LogP contribution is 2.16. The average Bonchev–Trinajstić information content (AvgIpc) is 2.75. The molecule has 0 fully saturated rings. The first kappa shape index (κ1) is 29.9. The summed E-state index contributed by atoms with van der Waals surface area (Å²) in [5.74, 6) is 0. The molecule has 0 amide bonds. The van der Waals surface area contributed by atoms with E-state index in [4.69, 9.17) is 5.11 Å². The van der Waals surface area contributed by atoms with Gasteiger partial charge in [0.05, 0.1) is 6.10 Å². The molecule has 1 atom stereocenters. The molecule has 0 aliphatic rings. The van der Waals surface area contributed by atoms with E-state index < -0.39 is 0 Å². The standard InChI is InChI=1S/C28H58O2/c1-2-3-4-5-6-7-8-10-13-16-19-22-25-28(30)26-23-20-17-14-11-9-12-15-18-21-24-27-29/h28-30H,2-27H2,1H3. The van der Waals surface area contributed by atoms with Gasteiger partial charge in [0.15, 0.2) is 0 Å². The minimum absolute atomic E-state index is 0.0490. The van der Waals surface area contributed by atoms with Gasteiger partial charge in [0.1, 0.15) is 0 Å². The Morgan fingerprint density at radius 3 is 0.967 bits per heavy atom. The second kappa shape index (κ2) is 27.0. The van der Waals surface area contributed by atoms with Crippen LogP contribution in [0.3, 0.4) is 0 Å². The number of hydrogen-bond donors (Lipinski definition) is 2. The van der Waals surface area contributed by atoms with Gasteiger partial charge in [-0.1, -0.05) is 148 Å². The van der Waals surface area contributed by atoms with Gasteiger partial charge in [-0.15, -0.1) is 0 Å². The zero-order chi connectivity index (χ0) is 22.0. The Hall–Kier alpha value is -0.0800. The number of unbranched alkanes of at least 4 members (excludes halogenated alkanes) is 21. The van der Waals surface area contributed by atoms with Crippen molar-refractivity contribution in [2.45, 2.75) is 174 Å². The Morgan fingerprint density at radius 1 is 0.400 bits per heavy atom. The fourth-order valence-corrected chi connectivity index (χ4v) is 4.45. The van der Waals surface area contributed by atoms with Crippen molar-refractivity contribution >= 4 is 0 Å². The predicted molar refractivity (Wildman–Crippen MR) is 134 cm³/mol. The summed E-state index contributed by atoms with van der Waals surface area (Å²) in [6.07, 6.45) is 32.8. The number of aliphatic hydroxyl groups is 2. The summed E-state index contributed by atoms with van der Waals surface area (Å²) in [5.41, 5.74) is 0. The maximum atomic E-state index is 10.2. The van der Waals surface area contributed by atoms with Crippen molar-refractivity contribution in [1.29, 1.82) is 0 Å². The van der Waals surface area contributed by atoms with Gasteiger partial charge in [-0.25, -0.2) is 0 Å². The third-order valence-corrected chi connectivity index (χ3v) is 6.59. The highest BCUT2D eigenvalue weighted by atomic mass is 16.3. The molecule has 0 aromatic carbocycles. The van der Waals surface area contributed by atoms with E-state index in [1.54, 1.807) is 0 Å². The molecule has 0 heterocycles. The Kier molecular flexibility index (Phi) is 26.9. The largest absolute Gasteiger partial charge is 0.396 e. The van der Waals surface area contributed by atoms with Crippen molar-refractivity contribution < 1.29 is 10.2 Å². The van der Waals surface area contributed by atoms with Gasteiger partial charge in [-0.3, -0.25) is 0 Å². The number of rotatable bonds is 26. The zero-order valence-electron chi connectivity index (χ0n) is 20.9. The fourth-order valence-electron chi connectivity index (χ4n) is 4.45. The summed E-state index contributed by atoms with van der Waals surface area (Å²) < 4.78 is 0. The molecule has 0 saturated carbocycles. The summed E-state index contributed by atoms with van der Waals surface area (Å²) in [5, 5.41) is 18.9. The topological polar surface area (TPSA) is 40.5 Å². The second-order valence-electron chi connectivity index (χ2n) is 9.73. The van der Waals surface area contributed by atoms with Crippen LogP contribution in [0.2, 0.25) is 0 Å². The van der Waals surface area contributed by atoms with E-state index in [9.17, 15) is 5.11 Å². The molecule has 30 heavy (non-hydrogen) atoms. The first-order valence-electron chi connectivity index (χ1n) is 14.1.